The van der Waals surface area contributed by atoms with E-state index in [0.29, 0.717) is 24.5 Å². The number of aromatic nitrogens is 1. The predicted octanol–water partition coefficient (Wildman–Crippen LogP) is 4.54. The first-order chi connectivity index (χ1) is 14.7. The molecule has 1 atom stereocenters. The lowest BCUT2D eigenvalue weighted by molar-refractivity contribution is -0.128. The summed E-state index contributed by atoms with van der Waals surface area (Å²) in [7, 11) is 0. The molecule has 2 aromatic carbocycles. The number of thiazole rings is 1. The number of likely N-dealkylation sites (tertiary alicyclic amines) is 1. The molecule has 6 nitrogen and oxygen atoms in total. The zero-order valence-electron chi connectivity index (χ0n) is 16.1. The molecule has 1 aliphatic rings. The van der Waals surface area contributed by atoms with E-state index < -0.39 is 5.92 Å². The summed E-state index contributed by atoms with van der Waals surface area (Å²) in [6, 6.07) is 19.2. The Morgan fingerprint density at radius 3 is 2.80 bits per heavy atom. The lowest BCUT2D eigenvalue weighted by Gasteiger charge is -2.15. The van der Waals surface area contributed by atoms with Gasteiger partial charge in [-0.05, 0) is 36.4 Å². The number of fused-ring (bicyclic) bond motifs is 1. The second-order valence-electron chi connectivity index (χ2n) is 7.28. The molecular weight excluding hydrogens is 398 g/mol. The fraction of sp³-hybridized carbons (Fsp3) is 0.174. The molecule has 0 unspecified atom stereocenters. The van der Waals surface area contributed by atoms with Crippen molar-refractivity contribution in [2.24, 2.45) is 5.92 Å². The molecule has 2 aromatic heterocycles. The minimum atomic E-state index is -0.393. The Balaban J connectivity index is 1.34. The van der Waals surface area contributed by atoms with Crippen molar-refractivity contribution in [3.8, 4) is 10.6 Å². The summed E-state index contributed by atoms with van der Waals surface area (Å²) in [6.07, 6.45) is 1.79. The van der Waals surface area contributed by atoms with Gasteiger partial charge in [-0.2, -0.15) is 0 Å². The van der Waals surface area contributed by atoms with Gasteiger partial charge in [-0.15, -0.1) is 11.3 Å². The second-order valence-corrected chi connectivity index (χ2v) is 8.31. The average Bonchev–Trinajstić information content (AvgIpc) is 3.49. The molecule has 2 amide bonds. The maximum atomic E-state index is 12.9. The third-order valence-electron chi connectivity index (χ3n) is 5.22. The molecule has 0 spiro atoms. The predicted molar refractivity (Wildman–Crippen MR) is 116 cm³/mol. The van der Waals surface area contributed by atoms with Crippen molar-refractivity contribution >= 4 is 39.1 Å². The third-order valence-corrected chi connectivity index (χ3v) is 6.29. The summed E-state index contributed by atoms with van der Waals surface area (Å²) in [5.74, 6) is 0.131. The fourth-order valence-corrected chi connectivity index (χ4v) is 4.70. The van der Waals surface area contributed by atoms with Crippen LogP contribution in [0.4, 0.5) is 5.69 Å². The number of anilines is 1. The molecule has 0 radical (unpaired) electrons. The number of hydrogen-bond acceptors (Lipinski definition) is 5. The maximum Gasteiger partial charge on any atom is 0.229 e. The third kappa shape index (κ3) is 3.59. The van der Waals surface area contributed by atoms with Gasteiger partial charge in [0.15, 0.2) is 0 Å². The summed E-state index contributed by atoms with van der Waals surface area (Å²) in [6.45, 7) is 0.770. The van der Waals surface area contributed by atoms with Crippen molar-refractivity contribution in [1.82, 2.24) is 9.88 Å². The molecule has 1 N–H and O–H groups in total. The molecule has 150 valence electrons. The first kappa shape index (κ1) is 18.6. The normalized spacial score (nSPS) is 16.3. The Morgan fingerprint density at radius 2 is 1.97 bits per heavy atom. The Hall–Kier alpha value is -3.45. The Morgan fingerprint density at radius 1 is 1.13 bits per heavy atom. The largest absolute Gasteiger partial charge is 0.467 e. The van der Waals surface area contributed by atoms with Crippen LogP contribution in [0.1, 0.15) is 12.2 Å². The van der Waals surface area contributed by atoms with E-state index in [-0.39, 0.29) is 18.2 Å². The maximum absolute atomic E-state index is 12.9. The van der Waals surface area contributed by atoms with E-state index in [4.69, 9.17) is 9.40 Å². The Bertz CT molecular complexity index is 1180. The molecule has 30 heavy (non-hydrogen) atoms. The van der Waals surface area contributed by atoms with Gasteiger partial charge in [-0.3, -0.25) is 9.59 Å². The van der Waals surface area contributed by atoms with E-state index in [2.05, 4.69) is 5.32 Å². The molecule has 0 aliphatic carbocycles. The van der Waals surface area contributed by atoms with Crippen LogP contribution in [0.2, 0.25) is 0 Å². The minimum Gasteiger partial charge on any atom is -0.467 e. The van der Waals surface area contributed by atoms with Gasteiger partial charge in [0.2, 0.25) is 11.8 Å². The number of para-hydroxylation sites is 2. The topological polar surface area (TPSA) is 75.4 Å². The first-order valence-corrected chi connectivity index (χ1v) is 10.5. The van der Waals surface area contributed by atoms with Gasteiger partial charge < -0.3 is 14.6 Å². The molecule has 0 saturated carbocycles. The minimum absolute atomic E-state index is 0.0361. The van der Waals surface area contributed by atoms with Crippen LogP contribution < -0.4 is 5.32 Å². The molecule has 0 bridgehead atoms. The van der Waals surface area contributed by atoms with Crippen molar-refractivity contribution in [2.75, 3.05) is 11.9 Å². The molecular formula is C23H19N3O3S. The van der Waals surface area contributed by atoms with Gasteiger partial charge in [0.25, 0.3) is 0 Å². The number of amides is 2. The molecule has 3 heterocycles. The average molecular weight is 417 g/mol. The first-order valence-electron chi connectivity index (χ1n) is 9.73. The van der Waals surface area contributed by atoms with Gasteiger partial charge in [-0.1, -0.05) is 24.3 Å². The Kier molecular flexibility index (Phi) is 4.80. The number of nitrogens with zero attached hydrogens (tertiary/aromatic N) is 2. The van der Waals surface area contributed by atoms with Gasteiger partial charge >= 0.3 is 0 Å². The summed E-state index contributed by atoms with van der Waals surface area (Å²) >= 11 is 1.59. The van der Waals surface area contributed by atoms with Crippen LogP contribution in [-0.2, 0) is 16.1 Å². The van der Waals surface area contributed by atoms with Crippen molar-refractivity contribution in [2.45, 2.75) is 13.0 Å². The number of hydrogen-bond donors (Lipinski definition) is 1. The molecule has 5 rings (SSSR count). The smallest absolute Gasteiger partial charge is 0.229 e. The van der Waals surface area contributed by atoms with Crippen molar-refractivity contribution in [1.29, 1.82) is 0 Å². The molecule has 4 aromatic rings. The van der Waals surface area contributed by atoms with Crippen molar-refractivity contribution in [3.63, 3.8) is 0 Å². The number of rotatable bonds is 5. The zero-order valence-corrected chi connectivity index (χ0v) is 16.9. The van der Waals surface area contributed by atoms with Gasteiger partial charge in [-0.25, -0.2) is 4.98 Å². The van der Waals surface area contributed by atoms with Crippen molar-refractivity contribution < 1.29 is 14.0 Å². The summed E-state index contributed by atoms with van der Waals surface area (Å²) < 4.78 is 6.43. The number of benzene rings is 2. The van der Waals surface area contributed by atoms with Gasteiger partial charge in [0.05, 0.1) is 34.6 Å². The van der Waals surface area contributed by atoms with E-state index in [1.165, 1.54) is 0 Å². The number of nitrogens with one attached hydrogen (secondary N) is 1. The van der Waals surface area contributed by atoms with E-state index in [0.717, 1.165) is 20.8 Å². The standard InChI is InChI=1S/C23H19N3O3S/c27-21-12-15(13-26(21)14-16-6-5-11-29-16)22(28)24-18-8-2-1-7-17(18)23-25-19-9-3-4-10-20(19)30-23/h1-11,15H,12-14H2,(H,24,28)/t15-/m0/s1. The van der Waals surface area contributed by atoms with Crippen LogP contribution in [0, 0.1) is 5.92 Å². The monoisotopic (exact) mass is 417 g/mol. The van der Waals surface area contributed by atoms with Gasteiger partial charge in [0, 0.05) is 18.5 Å². The highest BCUT2D eigenvalue weighted by Crippen LogP contribution is 2.35. The highest BCUT2D eigenvalue weighted by atomic mass is 32.1. The highest BCUT2D eigenvalue weighted by molar-refractivity contribution is 7.21. The quantitative estimate of drug-likeness (QED) is 0.517. The fourth-order valence-electron chi connectivity index (χ4n) is 3.69. The van der Waals surface area contributed by atoms with E-state index >= 15 is 0 Å². The second kappa shape index (κ2) is 7.76. The lowest BCUT2D eigenvalue weighted by Crippen LogP contribution is -2.28. The summed E-state index contributed by atoms with van der Waals surface area (Å²) in [5.41, 5.74) is 2.52. The molecule has 1 aliphatic heterocycles. The van der Waals surface area contributed by atoms with Gasteiger partial charge in [0.1, 0.15) is 10.8 Å². The number of carbonyl (C=O) groups excluding carboxylic acids is 2. The van der Waals surface area contributed by atoms with Crippen LogP contribution in [0.3, 0.4) is 0 Å². The molecule has 7 heteroatoms. The Labute approximate surface area is 177 Å². The van der Waals surface area contributed by atoms with Crippen LogP contribution in [0.15, 0.2) is 71.3 Å². The SMILES string of the molecule is O=C(Nc1ccccc1-c1nc2ccccc2s1)[C@H]1CC(=O)N(Cc2ccco2)C1. The number of furan rings is 1. The van der Waals surface area contributed by atoms with E-state index in [1.807, 2.05) is 54.6 Å². The van der Waals surface area contributed by atoms with Crippen molar-refractivity contribution in [3.05, 3.63) is 72.7 Å². The van der Waals surface area contributed by atoms with E-state index in [9.17, 15) is 9.59 Å². The van der Waals surface area contributed by atoms with E-state index in [1.54, 1.807) is 28.6 Å². The van der Waals surface area contributed by atoms with Crippen LogP contribution in [0.5, 0.6) is 0 Å². The number of carbonyl (C=O) groups is 2. The lowest BCUT2D eigenvalue weighted by atomic mass is 10.1. The molecule has 1 fully saturated rings. The van der Waals surface area contributed by atoms with Crippen LogP contribution in [-0.4, -0.2) is 28.2 Å². The summed E-state index contributed by atoms with van der Waals surface area (Å²) in [5, 5.41) is 3.88. The summed E-state index contributed by atoms with van der Waals surface area (Å²) in [4.78, 5) is 31.7. The highest BCUT2D eigenvalue weighted by Gasteiger charge is 2.35. The molecule has 1 saturated heterocycles. The van der Waals surface area contributed by atoms with Crippen LogP contribution in [0.25, 0.3) is 20.8 Å². The zero-order chi connectivity index (χ0) is 20.5. The van der Waals surface area contributed by atoms with Crippen LogP contribution >= 0.6 is 11.3 Å².